The van der Waals surface area contributed by atoms with E-state index in [-0.39, 0.29) is 11.9 Å². The van der Waals surface area contributed by atoms with Crippen molar-refractivity contribution in [2.24, 2.45) is 0 Å². The van der Waals surface area contributed by atoms with E-state index >= 15 is 0 Å². The lowest BCUT2D eigenvalue weighted by Gasteiger charge is -2.26. The number of hydrogen-bond acceptors (Lipinski definition) is 4. The van der Waals surface area contributed by atoms with E-state index in [4.69, 9.17) is 4.74 Å². The number of ether oxygens (including phenoxy) is 1. The fourth-order valence-corrected chi connectivity index (χ4v) is 3.29. The lowest BCUT2D eigenvalue weighted by molar-refractivity contribution is -0.142. The molecule has 4 nitrogen and oxygen atoms in total. The first-order valence-corrected chi connectivity index (χ1v) is 9.24. The van der Waals surface area contributed by atoms with Gasteiger partial charge in [-0.25, -0.2) is 4.79 Å². The highest BCUT2D eigenvalue weighted by atomic mass is 32.2. The number of rotatable bonds is 5. The summed E-state index contributed by atoms with van der Waals surface area (Å²) in [5, 5.41) is 0. The van der Waals surface area contributed by atoms with Crippen LogP contribution in [0.5, 0.6) is 0 Å². The molecule has 3 rings (SSSR count). The zero-order valence-electron chi connectivity index (χ0n) is 13.4. The molecular formula is C19H19NO3S. The third kappa shape index (κ3) is 3.31. The van der Waals surface area contributed by atoms with E-state index < -0.39 is 12.3 Å². The lowest BCUT2D eigenvalue weighted by Crippen LogP contribution is -2.40. The minimum Gasteiger partial charge on any atom is -0.435 e. The van der Waals surface area contributed by atoms with Crippen molar-refractivity contribution in [3.63, 3.8) is 0 Å². The van der Waals surface area contributed by atoms with Gasteiger partial charge in [0.15, 0.2) is 0 Å². The Balaban J connectivity index is 1.96. The number of thioether (sulfide) groups is 1. The van der Waals surface area contributed by atoms with Gasteiger partial charge >= 0.3 is 5.97 Å². The van der Waals surface area contributed by atoms with E-state index in [1.165, 1.54) is 0 Å². The zero-order chi connectivity index (χ0) is 16.9. The summed E-state index contributed by atoms with van der Waals surface area (Å²) >= 11 is 1.65. The number of carbonyl (C=O) groups excluding carboxylic acids is 2. The van der Waals surface area contributed by atoms with Gasteiger partial charge in [0.05, 0.1) is 0 Å². The molecule has 1 aliphatic rings. The van der Waals surface area contributed by atoms with E-state index in [1.54, 1.807) is 28.8 Å². The van der Waals surface area contributed by atoms with E-state index in [9.17, 15) is 9.59 Å². The second kappa shape index (κ2) is 7.53. The van der Waals surface area contributed by atoms with E-state index in [1.807, 2.05) is 54.8 Å². The molecule has 1 fully saturated rings. The largest absolute Gasteiger partial charge is 0.435 e. The first kappa shape index (κ1) is 16.6. The number of hydrogen-bond donors (Lipinski definition) is 0. The summed E-state index contributed by atoms with van der Waals surface area (Å²) in [5.41, 5.74) is 1.37. The highest BCUT2D eigenvalue weighted by Gasteiger charge is 2.45. The molecule has 0 unspecified atom stereocenters. The van der Waals surface area contributed by atoms with Crippen molar-refractivity contribution in [2.75, 3.05) is 12.0 Å². The predicted octanol–water partition coefficient (Wildman–Crippen LogP) is 3.51. The highest BCUT2D eigenvalue weighted by molar-refractivity contribution is 7.98. The van der Waals surface area contributed by atoms with Crippen LogP contribution in [-0.4, -0.2) is 34.8 Å². The quantitative estimate of drug-likeness (QED) is 0.781. The van der Waals surface area contributed by atoms with Gasteiger partial charge in [-0.15, -0.1) is 0 Å². The van der Waals surface area contributed by atoms with Crippen LogP contribution < -0.4 is 0 Å². The SMILES string of the molecule is CSCC[C@@H]1C(=O)O[C@H](c2ccccc2)N1C(=O)c1ccccc1. The van der Waals surface area contributed by atoms with Crippen LogP contribution in [0.2, 0.25) is 0 Å². The molecule has 0 bridgehead atoms. The zero-order valence-corrected chi connectivity index (χ0v) is 14.2. The van der Waals surface area contributed by atoms with Gasteiger partial charge in [0, 0.05) is 11.1 Å². The summed E-state index contributed by atoms with van der Waals surface area (Å²) in [4.78, 5) is 27.0. The Morgan fingerprint density at radius 1 is 1.08 bits per heavy atom. The monoisotopic (exact) mass is 341 g/mol. The molecule has 124 valence electrons. The number of nitrogens with zero attached hydrogens (tertiary/aromatic N) is 1. The Morgan fingerprint density at radius 2 is 1.71 bits per heavy atom. The molecule has 1 aliphatic heterocycles. The van der Waals surface area contributed by atoms with Crippen LogP contribution in [0.15, 0.2) is 60.7 Å². The molecule has 0 N–H and O–H groups in total. The minimum atomic E-state index is -0.668. The molecule has 0 aromatic heterocycles. The molecule has 1 heterocycles. The maximum atomic E-state index is 13.0. The molecule has 1 amide bonds. The molecule has 24 heavy (non-hydrogen) atoms. The van der Waals surface area contributed by atoms with E-state index in [0.29, 0.717) is 12.0 Å². The molecule has 2 aromatic carbocycles. The Labute approximate surface area is 145 Å². The number of benzene rings is 2. The topological polar surface area (TPSA) is 46.6 Å². The van der Waals surface area contributed by atoms with E-state index in [0.717, 1.165) is 11.3 Å². The summed E-state index contributed by atoms with van der Waals surface area (Å²) in [6.07, 6.45) is 1.90. The fraction of sp³-hybridized carbons (Fsp3) is 0.263. The van der Waals surface area contributed by atoms with Crippen molar-refractivity contribution in [3.05, 3.63) is 71.8 Å². The van der Waals surface area contributed by atoms with Crippen LogP contribution in [0.25, 0.3) is 0 Å². The van der Waals surface area contributed by atoms with Crippen molar-refractivity contribution in [1.29, 1.82) is 0 Å². The summed E-state index contributed by atoms with van der Waals surface area (Å²) < 4.78 is 5.57. The van der Waals surface area contributed by atoms with Crippen LogP contribution >= 0.6 is 11.8 Å². The lowest BCUT2D eigenvalue weighted by atomic mass is 10.1. The molecule has 5 heteroatoms. The van der Waals surface area contributed by atoms with Crippen LogP contribution in [0, 0.1) is 0 Å². The maximum Gasteiger partial charge on any atom is 0.331 e. The van der Waals surface area contributed by atoms with Gasteiger partial charge in [-0.1, -0.05) is 48.5 Å². The van der Waals surface area contributed by atoms with Crippen LogP contribution in [0.4, 0.5) is 0 Å². The first-order valence-electron chi connectivity index (χ1n) is 7.84. The minimum absolute atomic E-state index is 0.179. The molecule has 0 radical (unpaired) electrons. The Morgan fingerprint density at radius 3 is 2.33 bits per heavy atom. The van der Waals surface area contributed by atoms with Crippen molar-refractivity contribution in [3.8, 4) is 0 Å². The number of amides is 1. The molecule has 2 atom stereocenters. The average molecular weight is 341 g/mol. The van der Waals surface area contributed by atoms with Gasteiger partial charge in [-0.3, -0.25) is 9.69 Å². The van der Waals surface area contributed by atoms with Gasteiger partial charge in [0.2, 0.25) is 6.23 Å². The molecule has 1 saturated heterocycles. The van der Waals surface area contributed by atoms with Gasteiger partial charge < -0.3 is 4.74 Å². The number of cyclic esters (lactones) is 1. The second-order valence-electron chi connectivity index (χ2n) is 5.58. The van der Waals surface area contributed by atoms with Crippen molar-refractivity contribution < 1.29 is 14.3 Å². The van der Waals surface area contributed by atoms with Crippen molar-refractivity contribution in [1.82, 2.24) is 4.90 Å². The molecule has 0 spiro atoms. The number of esters is 1. The molecular weight excluding hydrogens is 322 g/mol. The summed E-state index contributed by atoms with van der Waals surface area (Å²) in [6, 6.07) is 17.9. The standard InChI is InChI=1S/C19H19NO3S/c1-24-13-12-16-19(22)23-18(15-10-6-3-7-11-15)20(16)17(21)14-8-4-2-5-9-14/h2-11,16,18H,12-13H2,1H3/t16-,18-/m1/s1. The Hall–Kier alpha value is -2.27. The fourth-order valence-electron chi connectivity index (χ4n) is 2.83. The molecule has 2 aromatic rings. The third-order valence-corrected chi connectivity index (χ3v) is 4.67. The van der Waals surface area contributed by atoms with Crippen molar-refractivity contribution in [2.45, 2.75) is 18.7 Å². The van der Waals surface area contributed by atoms with Gasteiger partial charge in [-0.05, 0) is 30.6 Å². The number of carbonyl (C=O) groups is 2. The second-order valence-corrected chi connectivity index (χ2v) is 6.56. The average Bonchev–Trinajstić information content (AvgIpc) is 2.97. The summed E-state index contributed by atoms with van der Waals surface area (Å²) in [5.74, 6) is 0.281. The van der Waals surface area contributed by atoms with Crippen molar-refractivity contribution >= 4 is 23.6 Å². The maximum absolute atomic E-state index is 13.0. The van der Waals surface area contributed by atoms with Gasteiger partial charge in [-0.2, -0.15) is 11.8 Å². The van der Waals surface area contributed by atoms with Gasteiger partial charge in [0.25, 0.3) is 5.91 Å². The smallest absolute Gasteiger partial charge is 0.331 e. The summed E-state index contributed by atoms with van der Waals surface area (Å²) in [6.45, 7) is 0. The van der Waals surface area contributed by atoms with Crippen LogP contribution in [0.1, 0.15) is 28.6 Å². The first-order chi connectivity index (χ1) is 11.7. The van der Waals surface area contributed by atoms with Crippen LogP contribution in [0.3, 0.4) is 0 Å². The van der Waals surface area contributed by atoms with Crippen LogP contribution in [-0.2, 0) is 9.53 Å². The Kier molecular flexibility index (Phi) is 5.20. The summed E-state index contributed by atoms with van der Waals surface area (Å²) in [7, 11) is 0. The van der Waals surface area contributed by atoms with Gasteiger partial charge in [0.1, 0.15) is 6.04 Å². The normalized spacial score (nSPS) is 20.0. The molecule has 0 saturated carbocycles. The third-order valence-electron chi connectivity index (χ3n) is 4.02. The highest BCUT2D eigenvalue weighted by Crippen LogP contribution is 2.34. The predicted molar refractivity (Wildman–Crippen MR) is 94.7 cm³/mol. The molecule has 0 aliphatic carbocycles. The van der Waals surface area contributed by atoms with E-state index in [2.05, 4.69) is 0 Å². The Bertz CT molecular complexity index is 705.